The lowest BCUT2D eigenvalue weighted by molar-refractivity contribution is 0.0939. The Morgan fingerprint density at radius 2 is 1.96 bits per heavy atom. The van der Waals surface area contributed by atoms with Gasteiger partial charge in [0.05, 0.1) is 18.7 Å². The summed E-state index contributed by atoms with van der Waals surface area (Å²) in [6.07, 6.45) is 0. The lowest BCUT2D eigenvalue weighted by atomic mass is 10.0. The molecular weight excluding hydrogens is 304 g/mol. The largest absolute Gasteiger partial charge is 0.507 e. The zero-order chi connectivity index (χ0) is 17.7. The summed E-state index contributed by atoms with van der Waals surface area (Å²) in [6, 6.07) is 12.7. The van der Waals surface area contributed by atoms with E-state index in [1.165, 1.54) is 0 Å². The molecule has 0 aliphatic carbocycles. The van der Waals surface area contributed by atoms with Gasteiger partial charge in [0.2, 0.25) is 0 Å². The maximum absolute atomic E-state index is 12.4. The van der Waals surface area contributed by atoms with Crippen LogP contribution in [0, 0.1) is 6.92 Å². The first kappa shape index (κ1) is 17.8. The minimum absolute atomic E-state index is 0.00815. The van der Waals surface area contributed by atoms with Crippen molar-refractivity contribution in [1.29, 1.82) is 0 Å². The third-order valence-electron chi connectivity index (χ3n) is 3.98. The van der Waals surface area contributed by atoms with Gasteiger partial charge in [-0.2, -0.15) is 0 Å². The molecule has 0 spiro atoms. The first-order chi connectivity index (χ1) is 11.4. The van der Waals surface area contributed by atoms with Gasteiger partial charge in [-0.05, 0) is 44.8 Å². The molecule has 0 aliphatic rings. The predicted octanol–water partition coefficient (Wildman–Crippen LogP) is 2.74. The fraction of sp³-hybridized carbons (Fsp3) is 0.316. The first-order valence-electron chi connectivity index (χ1n) is 7.81. The van der Waals surface area contributed by atoms with E-state index in [1.54, 1.807) is 25.3 Å². The molecular formula is C19H24N2O3. The molecule has 0 aliphatic heterocycles. The van der Waals surface area contributed by atoms with E-state index in [9.17, 15) is 9.90 Å². The van der Waals surface area contributed by atoms with Crippen molar-refractivity contribution in [2.45, 2.75) is 13.0 Å². The number of aryl methyl sites for hydroxylation is 1. The molecule has 0 aromatic heterocycles. The predicted molar refractivity (Wildman–Crippen MR) is 94.6 cm³/mol. The van der Waals surface area contributed by atoms with Crippen molar-refractivity contribution in [2.24, 2.45) is 0 Å². The van der Waals surface area contributed by atoms with Crippen molar-refractivity contribution in [1.82, 2.24) is 10.2 Å². The molecule has 0 fully saturated rings. The van der Waals surface area contributed by atoms with E-state index in [0.29, 0.717) is 6.54 Å². The highest BCUT2D eigenvalue weighted by molar-refractivity contribution is 5.96. The Hall–Kier alpha value is -2.53. The number of hydrogen-bond acceptors (Lipinski definition) is 4. The van der Waals surface area contributed by atoms with Crippen LogP contribution in [0.5, 0.6) is 11.5 Å². The van der Waals surface area contributed by atoms with Crippen LogP contribution >= 0.6 is 0 Å². The molecule has 5 heteroatoms. The second-order valence-electron chi connectivity index (χ2n) is 5.95. The highest BCUT2D eigenvalue weighted by Crippen LogP contribution is 2.27. The van der Waals surface area contributed by atoms with Gasteiger partial charge in [-0.1, -0.05) is 24.3 Å². The summed E-state index contributed by atoms with van der Waals surface area (Å²) in [7, 11) is 5.54. The maximum Gasteiger partial charge on any atom is 0.255 e. The highest BCUT2D eigenvalue weighted by Gasteiger charge is 2.20. The molecule has 1 atom stereocenters. The average molecular weight is 328 g/mol. The summed E-state index contributed by atoms with van der Waals surface area (Å²) in [5, 5.41) is 12.8. The van der Waals surface area contributed by atoms with Crippen molar-refractivity contribution in [2.75, 3.05) is 27.7 Å². The molecule has 1 amide bonds. The van der Waals surface area contributed by atoms with Gasteiger partial charge in [0.25, 0.3) is 5.91 Å². The summed E-state index contributed by atoms with van der Waals surface area (Å²) in [6.45, 7) is 2.27. The molecule has 0 saturated heterocycles. The number of phenols is 1. The van der Waals surface area contributed by atoms with Crippen molar-refractivity contribution < 1.29 is 14.6 Å². The number of rotatable bonds is 6. The Morgan fingerprint density at radius 3 is 2.58 bits per heavy atom. The van der Waals surface area contributed by atoms with Crippen LogP contribution in [0.25, 0.3) is 0 Å². The summed E-state index contributed by atoms with van der Waals surface area (Å²) in [5.41, 5.74) is 2.18. The number of carbonyl (C=O) groups is 1. The lowest BCUT2D eigenvalue weighted by Gasteiger charge is -2.26. The zero-order valence-electron chi connectivity index (χ0n) is 14.5. The van der Waals surface area contributed by atoms with E-state index in [4.69, 9.17) is 4.74 Å². The standard InChI is InChI=1S/C19H24N2O3/c1-13-9-10-15(17(22)11-13)19(23)20-12-16(21(2)3)14-7-5-6-8-18(14)24-4/h5-11,16,22H,12H2,1-4H3,(H,20,23). The van der Waals surface area contributed by atoms with Crippen molar-refractivity contribution in [3.8, 4) is 11.5 Å². The molecule has 24 heavy (non-hydrogen) atoms. The fourth-order valence-electron chi connectivity index (χ4n) is 2.63. The Kier molecular flexibility index (Phi) is 5.82. The minimum atomic E-state index is -0.297. The quantitative estimate of drug-likeness (QED) is 0.856. The number of hydrogen-bond donors (Lipinski definition) is 2. The number of ether oxygens (including phenoxy) is 1. The summed E-state index contributed by atoms with van der Waals surface area (Å²) < 4.78 is 5.42. The highest BCUT2D eigenvalue weighted by atomic mass is 16.5. The van der Waals surface area contributed by atoms with E-state index in [-0.39, 0.29) is 23.3 Å². The van der Waals surface area contributed by atoms with E-state index in [2.05, 4.69) is 5.32 Å². The topological polar surface area (TPSA) is 61.8 Å². The number of carbonyl (C=O) groups excluding carboxylic acids is 1. The van der Waals surface area contributed by atoms with Crippen LogP contribution in [0.4, 0.5) is 0 Å². The van der Waals surface area contributed by atoms with E-state index in [1.807, 2.05) is 50.2 Å². The molecule has 2 N–H and O–H groups in total. The number of nitrogens with one attached hydrogen (secondary N) is 1. The normalized spacial score (nSPS) is 12.0. The van der Waals surface area contributed by atoms with Crippen LogP contribution in [-0.2, 0) is 0 Å². The van der Waals surface area contributed by atoms with Crippen LogP contribution in [-0.4, -0.2) is 43.7 Å². The van der Waals surface area contributed by atoms with Crippen LogP contribution < -0.4 is 10.1 Å². The summed E-state index contributed by atoms with van der Waals surface area (Å²) in [5.74, 6) is 0.476. The Balaban J connectivity index is 2.16. The molecule has 2 rings (SSSR count). The monoisotopic (exact) mass is 328 g/mol. The molecule has 2 aromatic carbocycles. The number of methoxy groups -OCH3 is 1. The SMILES string of the molecule is COc1ccccc1C(CNC(=O)c1ccc(C)cc1O)N(C)C. The van der Waals surface area contributed by atoms with Crippen LogP contribution in [0.1, 0.15) is 27.5 Å². The number of likely N-dealkylation sites (N-methyl/N-ethyl adjacent to an activating group) is 1. The minimum Gasteiger partial charge on any atom is -0.507 e. The van der Waals surface area contributed by atoms with Crippen LogP contribution in [0.3, 0.4) is 0 Å². The van der Waals surface area contributed by atoms with Gasteiger partial charge in [-0.15, -0.1) is 0 Å². The third-order valence-corrected chi connectivity index (χ3v) is 3.98. The molecule has 128 valence electrons. The second kappa shape index (κ2) is 7.84. The van der Waals surface area contributed by atoms with Crippen LogP contribution in [0.2, 0.25) is 0 Å². The summed E-state index contributed by atoms with van der Waals surface area (Å²) in [4.78, 5) is 14.4. The van der Waals surface area contributed by atoms with Gasteiger partial charge in [0.1, 0.15) is 11.5 Å². The molecule has 2 aromatic rings. The Labute approximate surface area is 142 Å². The molecule has 0 saturated carbocycles. The van der Waals surface area contributed by atoms with Gasteiger partial charge >= 0.3 is 0 Å². The molecule has 0 heterocycles. The maximum atomic E-state index is 12.4. The Bertz CT molecular complexity index is 714. The van der Waals surface area contributed by atoms with Crippen LogP contribution in [0.15, 0.2) is 42.5 Å². The lowest BCUT2D eigenvalue weighted by Crippen LogP contribution is -2.34. The number of amides is 1. The van der Waals surface area contributed by atoms with Crippen molar-refractivity contribution in [3.05, 3.63) is 59.2 Å². The van der Waals surface area contributed by atoms with Crippen molar-refractivity contribution >= 4 is 5.91 Å². The Morgan fingerprint density at radius 1 is 1.25 bits per heavy atom. The zero-order valence-corrected chi connectivity index (χ0v) is 14.5. The number of benzene rings is 2. The van der Waals surface area contributed by atoms with E-state index in [0.717, 1.165) is 16.9 Å². The molecule has 1 unspecified atom stereocenters. The fourth-order valence-corrected chi connectivity index (χ4v) is 2.63. The van der Waals surface area contributed by atoms with Crippen molar-refractivity contribution in [3.63, 3.8) is 0 Å². The first-order valence-corrected chi connectivity index (χ1v) is 7.81. The van der Waals surface area contributed by atoms with Gasteiger partial charge in [0.15, 0.2) is 0 Å². The molecule has 5 nitrogen and oxygen atoms in total. The number of para-hydroxylation sites is 1. The van der Waals surface area contributed by atoms with E-state index < -0.39 is 0 Å². The number of aromatic hydroxyl groups is 1. The molecule has 0 radical (unpaired) electrons. The molecule has 0 bridgehead atoms. The van der Waals surface area contributed by atoms with Gasteiger partial charge < -0.3 is 20.1 Å². The van der Waals surface area contributed by atoms with Gasteiger partial charge in [0, 0.05) is 12.1 Å². The number of phenolic OH excluding ortho intramolecular Hbond substituents is 1. The van der Waals surface area contributed by atoms with Gasteiger partial charge in [-0.25, -0.2) is 0 Å². The van der Waals surface area contributed by atoms with Gasteiger partial charge in [-0.3, -0.25) is 4.79 Å². The smallest absolute Gasteiger partial charge is 0.255 e. The second-order valence-corrected chi connectivity index (χ2v) is 5.95. The third kappa shape index (κ3) is 4.06. The van der Waals surface area contributed by atoms with E-state index >= 15 is 0 Å². The number of nitrogens with zero attached hydrogens (tertiary/aromatic N) is 1. The average Bonchev–Trinajstić information content (AvgIpc) is 2.55. The summed E-state index contributed by atoms with van der Waals surface area (Å²) >= 11 is 0.